The van der Waals surface area contributed by atoms with Gasteiger partial charge in [0, 0.05) is 25.2 Å². The molecule has 0 radical (unpaired) electrons. The van der Waals surface area contributed by atoms with Crippen molar-refractivity contribution in [2.75, 3.05) is 6.54 Å². The Labute approximate surface area is 208 Å². The quantitative estimate of drug-likeness (QED) is 0.365. The Hall–Kier alpha value is -4.54. The molecule has 0 aliphatic rings. The van der Waals surface area contributed by atoms with Gasteiger partial charge in [-0.1, -0.05) is 12.1 Å². The molecule has 8 nitrogen and oxygen atoms in total. The first-order valence-electron chi connectivity index (χ1n) is 11.4. The van der Waals surface area contributed by atoms with Crippen molar-refractivity contribution in [1.82, 2.24) is 29.4 Å². The predicted molar refractivity (Wildman–Crippen MR) is 131 cm³/mol. The number of hydrogen-bond donors (Lipinski definition) is 1. The molecule has 0 aliphatic carbocycles. The normalized spacial score (nSPS) is 11.4. The van der Waals surface area contributed by atoms with Crippen LogP contribution in [0.4, 0.5) is 13.2 Å². The van der Waals surface area contributed by atoms with E-state index in [9.17, 15) is 22.8 Å². The van der Waals surface area contributed by atoms with Crippen molar-refractivity contribution in [3.8, 4) is 0 Å². The van der Waals surface area contributed by atoms with E-state index in [-0.39, 0.29) is 18.7 Å². The Bertz CT molecular complexity index is 1710. The maximum atomic E-state index is 13.5. The molecule has 5 aromatic rings. The van der Waals surface area contributed by atoms with Crippen LogP contribution < -0.4 is 10.9 Å². The van der Waals surface area contributed by atoms with Crippen LogP contribution in [0.2, 0.25) is 0 Å². The number of benzene rings is 2. The fraction of sp³-hybridized carbons (Fsp3) is 0.192. The van der Waals surface area contributed by atoms with Gasteiger partial charge in [0.1, 0.15) is 23.6 Å². The first kappa shape index (κ1) is 24.2. The Morgan fingerprint density at radius 2 is 1.84 bits per heavy atom. The second-order valence-corrected chi connectivity index (χ2v) is 8.56. The first-order valence-corrected chi connectivity index (χ1v) is 11.4. The van der Waals surface area contributed by atoms with Crippen LogP contribution in [0.25, 0.3) is 21.9 Å². The molecule has 11 heteroatoms. The van der Waals surface area contributed by atoms with Crippen molar-refractivity contribution in [2.24, 2.45) is 7.05 Å². The smallest absolute Gasteiger partial charge is 0.266 e. The van der Waals surface area contributed by atoms with E-state index in [2.05, 4.69) is 20.3 Å². The fourth-order valence-electron chi connectivity index (χ4n) is 4.24. The van der Waals surface area contributed by atoms with Crippen molar-refractivity contribution in [3.05, 3.63) is 99.6 Å². The fourth-order valence-corrected chi connectivity index (χ4v) is 4.24. The van der Waals surface area contributed by atoms with Gasteiger partial charge in [-0.05, 0) is 41.8 Å². The SMILES string of the molecule is Cn1c(CF)nc2cnc3ccc(CCNC(=O)c4cncn(Cc5ccc(F)c(F)c5)c4=O)cc3c21. The van der Waals surface area contributed by atoms with Gasteiger partial charge in [0.2, 0.25) is 0 Å². The molecule has 2 aromatic carbocycles. The highest BCUT2D eigenvalue weighted by Gasteiger charge is 2.15. The number of fused-ring (bicyclic) bond motifs is 3. The number of amides is 1. The summed E-state index contributed by atoms with van der Waals surface area (Å²) in [6.45, 7) is -0.510. The largest absolute Gasteiger partial charge is 0.351 e. The molecule has 0 fully saturated rings. The number of carbonyl (C=O) groups is 1. The van der Waals surface area contributed by atoms with E-state index in [1.165, 1.54) is 18.6 Å². The molecule has 3 aromatic heterocycles. The standard InChI is InChI=1S/C26H21F3N6O2/c1-34-23(10-27)33-22-12-32-21-5-3-15(8-17(21)24(22)34)6-7-31-25(36)18-11-30-14-35(26(18)37)13-16-2-4-19(28)20(29)9-16/h2-5,8-9,11-12,14H,6-7,10,13H2,1H3,(H,31,36). The van der Waals surface area contributed by atoms with Gasteiger partial charge < -0.3 is 9.88 Å². The van der Waals surface area contributed by atoms with Crippen molar-refractivity contribution >= 4 is 27.8 Å². The predicted octanol–water partition coefficient (Wildman–Crippen LogP) is 3.45. The lowest BCUT2D eigenvalue weighted by Crippen LogP contribution is -2.34. The van der Waals surface area contributed by atoms with Gasteiger partial charge in [0.05, 0.1) is 30.1 Å². The summed E-state index contributed by atoms with van der Waals surface area (Å²) in [6.07, 6.45) is 4.48. The zero-order chi connectivity index (χ0) is 26.1. The molecular weight excluding hydrogens is 485 g/mol. The number of rotatable bonds is 7. The minimum atomic E-state index is -1.02. The average Bonchev–Trinajstić information content (AvgIpc) is 3.23. The Morgan fingerprint density at radius 1 is 1.03 bits per heavy atom. The van der Waals surface area contributed by atoms with Crippen molar-refractivity contribution in [3.63, 3.8) is 0 Å². The minimum Gasteiger partial charge on any atom is -0.351 e. The van der Waals surface area contributed by atoms with Crippen LogP contribution in [0.5, 0.6) is 0 Å². The molecule has 1 N–H and O–H groups in total. The molecule has 1 amide bonds. The zero-order valence-electron chi connectivity index (χ0n) is 19.7. The molecular formula is C26H21F3N6O2. The lowest BCUT2D eigenvalue weighted by Gasteiger charge is -2.09. The Morgan fingerprint density at radius 3 is 2.62 bits per heavy atom. The van der Waals surface area contributed by atoms with Gasteiger partial charge in [0.15, 0.2) is 11.6 Å². The van der Waals surface area contributed by atoms with Crippen molar-refractivity contribution in [2.45, 2.75) is 19.6 Å². The summed E-state index contributed by atoms with van der Waals surface area (Å²) in [4.78, 5) is 38.1. The molecule has 3 heterocycles. The van der Waals surface area contributed by atoms with E-state index in [0.717, 1.165) is 38.7 Å². The van der Waals surface area contributed by atoms with Crippen molar-refractivity contribution < 1.29 is 18.0 Å². The van der Waals surface area contributed by atoms with E-state index in [1.54, 1.807) is 17.8 Å². The molecule has 0 bridgehead atoms. The minimum absolute atomic E-state index is 0.0676. The highest BCUT2D eigenvalue weighted by Crippen LogP contribution is 2.25. The number of carbonyl (C=O) groups excluding carboxylic acids is 1. The van der Waals surface area contributed by atoms with E-state index in [4.69, 9.17) is 0 Å². The molecule has 37 heavy (non-hydrogen) atoms. The van der Waals surface area contributed by atoms with E-state index < -0.39 is 29.8 Å². The second-order valence-electron chi connectivity index (χ2n) is 8.56. The van der Waals surface area contributed by atoms with Gasteiger partial charge in [-0.2, -0.15) is 0 Å². The van der Waals surface area contributed by atoms with Crippen LogP contribution in [-0.4, -0.2) is 36.5 Å². The molecule has 188 valence electrons. The molecule has 0 aliphatic heterocycles. The number of nitrogens with zero attached hydrogens (tertiary/aromatic N) is 5. The average molecular weight is 506 g/mol. The maximum Gasteiger partial charge on any atom is 0.266 e. The first-order chi connectivity index (χ1) is 17.9. The van der Waals surface area contributed by atoms with Crippen LogP contribution in [0.3, 0.4) is 0 Å². The van der Waals surface area contributed by atoms with Gasteiger partial charge in [0.25, 0.3) is 11.5 Å². The summed E-state index contributed by atoms with van der Waals surface area (Å²) in [5.74, 6) is -2.29. The number of hydrogen-bond acceptors (Lipinski definition) is 5. The third kappa shape index (κ3) is 4.67. The molecule has 0 atom stereocenters. The number of aromatic nitrogens is 5. The number of nitrogens with one attached hydrogen (secondary N) is 1. The lowest BCUT2D eigenvalue weighted by molar-refractivity contribution is 0.0951. The highest BCUT2D eigenvalue weighted by molar-refractivity contribution is 6.02. The molecule has 5 rings (SSSR count). The number of aryl methyl sites for hydroxylation is 1. The van der Waals surface area contributed by atoms with Crippen LogP contribution in [-0.2, 0) is 26.7 Å². The van der Waals surface area contributed by atoms with Crippen LogP contribution in [0, 0.1) is 11.6 Å². The number of alkyl halides is 1. The zero-order valence-corrected chi connectivity index (χ0v) is 19.7. The van der Waals surface area contributed by atoms with Crippen LogP contribution in [0.1, 0.15) is 27.3 Å². The monoisotopic (exact) mass is 506 g/mol. The van der Waals surface area contributed by atoms with E-state index in [1.807, 2.05) is 18.2 Å². The number of pyridine rings is 1. The van der Waals surface area contributed by atoms with E-state index in [0.29, 0.717) is 23.3 Å². The van der Waals surface area contributed by atoms with Crippen molar-refractivity contribution in [1.29, 1.82) is 0 Å². The van der Waals surface area contributed by atoms with E-state index >= 15 is 0 Å². The lowest BCUT2D eigenvalue weighted by atomic mass is 10.1. The Kier molecular flexibility index (Phi) is 6.43. The summed E-state index contributed by atoms with van der Waals surface area (Å²) in [5, 5.41) is 3.54. The molecule has 0 saturated carbocycles. The second kappa shape index (κ2) is 9.84. The van der Waals surface area contributed by atoms with Gasteiger partial charge >= 0.3 is 0 Å². The molecule has 0 unspecified atom stereocenters. The Balaban J connectivity index is 1.30. The number of imidazole rings is 1. The number of halogens is 3. The topological polar surface area (TPSA) is 94.7 Å². The van der Waals surface area contributed by atoms with Gasteiger partial charge in [-0.25, -0.2) is 23.1 Å². The maximum absolute atomic E-state index is 13.5. The third-order valence-corrected chi connectivity index (χ3v) is 6.16. The van der Waals surface area contributed by atoms with Crippen LogP contribution >= 0.6 is 0 Å². The summed E-state index contributed by atoms with van der Waals surface area (Å²) in [6, 6.07) is 8.99. The van der Waals surface area contributed by atoms with Crippen LogP contribution in [0.15, 0.2) is 59.9 Å². The summed E-state index contributed by atoms with van der Waals surface area (Å²) >= 11 is 0. The summed E-state index contributed by atoms with van der Waals surface area (Å²) in [7, 11) is 1.75. The van der Waals surface area contributed by atoms with Gasteiger partial charge in [-0.3, -0.25) is 19.1 Å². The highest BCUT2D eigenvalue weighted by atomic mass is 19.2. The summed E-state index contributed by atoms with van der Waals surface area (Å²) < 4.78 is 42.8. The third-order valence-electron chi connectivity index (χ3n) is 6.16. The molecule has 0 spiro atoms. The summed E-state index contributed by atoms with van der Waals surface area (Å²) in [5.41, 5.74) is 2.62. The molecule has 0 saturated heterocycles. The van der Waals surface area contributed by atoms with Gasteiger partial charge in [-0.15, -0.1) is 0 Å².